The third-order valence-electron chi connectivity index (χ3n) is 3.61. The number of nitrogens with zero attached hydrogens (tertiary/aromatic N) is 1. The maximum absolute atomic E-state index is 6.10. The summed E-state index contributed by atoms with van der Waals surface area (Å²) in [4.78, 5) is 3.65. The Morgan fingerprint density at radius 2 is 2.26 bits per heavy atom. The molecule has 106 valence electrons. The Morgan fingerprint density at radius 3 is 3.00 bits per heavy atom. The van der Waals surface area contributed by atoms with Crippen LogP contribution in [-0.4, -0.2) is 42.5 Å². The monoisotopic (exact) mass is 280 g/mol. The van der Waals surface area contributed by atoms with E-state index in [-0.39, 0.29) is 0 Å². The Labute approximate surface area is 120 Å². The van der Waals surface area contributed by atoms with Gasteiger partial charge in [-0.25, -0.2) is 0 Å². The van der Waals surface area contributed by atoms with Crippen molar-refractivity contribution in [2.24, 2.45) is 0 Å². The van der Waals surface area contributed by atoms with E-state index in [0.717, 1.165) is 36.7 Å². The molecule has 0 saturated carbocycles. The first-order valence-electron chi connectivity index (χ1n) is 6.91. The number of aryl methyl sites for hydroxylation is 1. The second-order valence-corrected chi connectivity index (χ2v) is 6.44. The Bertz CT molecular complexity index is 423. The lowest BCUT2D eigenvalue weighted by atomic mass is 10.2. The van der Waals surface area contributed by atoms with E-state index >= 15 is 0 Å². The number of benzene rings is 1. The van der Waals surface area contributed by atoms with Gasteiger partial charge < -0.3 is 10.5 Å². The summed E-state index contributed by atoms with van der Waals surface area (Å²) >= 11 is 1.80. The fourth-order valence-electron chi connectivity index (χ4n) is 2.27. The van der Waals surface area contributed by atoms with E-state index in [4.69, 9.17) is 10.5 Å². The number of rotatable bonds is 4. The summed E-state index contributed by atoms with van der Waals surface area (Å²) in [6, 6.07) is 6.81. The van der Waals surface area contributed by atoms with E-state index in [0.29, 0.717) is 12.1 Å². The second-order valence-electron chi connectivity index (χ2n) is 5.38. The summed E-state index contributed by atoms with van der Waals surface area (Å²) in [5, 5.41) is 0. The molecular formula is C15H24N2OS. The molecular weight excluding hydrogens is 256 g/mol. The number of hydrogen-bond acceptors (Lipinski definition) is 4. The van der Waals surface area contributed by atoms with Crippen LogP contribution in [-0.2, 0) is 4.74 Å². The molecule has 1 aromatic carbocycles. The van der Waals surface area contributed by atoms with E-state index in [2.05, 4.69) is 43.9 Å². The number of nitrogen functional groups attached to an aromatic ring is 1. The third kappa shape index (κ3) is 3.88. The molecule has 0 amide bonds. The van der Waals surface area contributed by atoms with E-state index in [1.54, 1.807) is 11.8 Å². The second kappa shape index (κ2) is 6.64. The van der Waals surface area contributed by atoms with Crippen molar-refractivity contribution in [1.82, 2.24) is 4.90 Å². The van der Waals surface area contributed by atoms with Gasteiger partial charge in [0.15, 0.2) is 0 Å². The minimum absolute atomic E-state index is 0.307. The smallest absolute Gasteiger partial charge is 0.0796 e. The molecule has 3 nitrogen and oxygen atoms in total. The highest BCUT2D eigenvalue weighted by Gasteiger charge is 2.22. The Kier molecular flexibility index (Phi) is 5.13. The van der Waals surface area contributed by atoms with Gasteiger partial charge in [-0.15, -0.1) is 11.8 Å². The van der Waals surface area contributed by atoms with Gasteiger partial charge in [0.25, 0.3) is 0 Å². The molecule has 0 spiro atoms. The minimum atomic E-state index is 0.307. The fourth-order valence-corrected chi connectivity index (χ4v) is 3.33. The van der Waals surface area contributed by atoms with Crippen LogP contribution in [0.5, 0.6) is 0 Å². The molecule has 1 aromatic rings. The molecule has 1 fully saturated rings. The molecule has 0 aliphatic carbocycles. The fraction of sp³-hybridized carbons (Fsp3) is 0.600. The minimum Gasteiger partial charge on any atom is -0.398 e. The van der Waals surface area contributed by atoms with E-state index in [9.17, 15) is 0 Å². The predicted molar refractivity (Wildman–Crippen MR) is 82.8 cm³/mol. The van der Waals surface area contributed by atoms with Gasteiger partial charge in [-0.2, -0.15) is 0 Å². The summed E-state index contributed by atoms with van der Waals surface area (Å²) in [7, 11) is 0. The first-order valence-corrected chi connectivity index (χ1v) is 7.90. The summed E-state index contributed by atoms with van der Waals surface area (Å²) < 4.78 is 5.85. The van der Waals surface area contributed by atoms with Gasteiger partial charge in [-0.05, 0) is 32.4 Å². The molecule has 1 atom stereocenters. The van der Waals surface area contributed by atoms with Crippen LogP contribution < -0.4 is 5.73 Å². The number of morpholine rings is 1. The van der Waals surface area contributed by atoms with Crippen molar-refractivity contribution in [3.8, 4) is 0 Å². The number of thioether (sulfide) groups is 1. The highest BCUT2D eigenvalue weighted by atomic mass is 32.2. The highest BCUT2D eigenvalue weighted by Crippen LogP contribution is 2.28. The van der Waals surface area contributed by atoms with Crippen LogP contribution in [0.25, 0.3) is 0 Å². The zero-order valence-corrected chi connectivity index (χ0v) is 12.9. The predicted octanol–water partition coefficient (Wildman–Crippen LogP) is 2.78. The lowest BCUT2D eigenvalue weighted by molar-refractivity contribution is -0.0265. The molecule has 2 rings (SSSR count). The number of hydrogen-bond donors (Lipinski definition) is 1. The molecule has 1 heterocycles. The van der Waals surface area contributed by atoms with Gasteiger partial charge in [0.05, 0.1) is 12.7 Å². The standard InChI is InChI=1S/C15H24N2OS/c1-11(2)17-7-8-18-13(9-17)10-19-14-6-4-5-12(3)15(14)16/h4-6,11,13H,7-10,16H2,1-3H3. The summed E-state index contributed by atoms with van der Waals surface area (Å²) in [5.74, 6) is 0.969. The molecule has 1 saturated heterocycles. The molecule has 1 aliphatic rings. The van der Waals surface area contributed by atoms with Gasteiger partial charge >= 0.3 is 0 Å². The molecule has 0 aromatic heterocycles. The van der Waals surface area contributed by atoms with Gasteiger partial charge in [-0.1, -0.05) is 12.1 Å². The topological polar surface area (TPSA) is 38.5 Å². The SMILES string of the molecule is Cc1cccc(SCC2CN(C(C)C)CCO2)c1N. The number of anilines is 1. The van der Waals surface area contributed by atoms with Crippen molar-refractivity contribution < 1.29 is 4.74 Å². The van der Waals surface area contributed by atoms with E-state index in [1.165, 1.54) is 4.90 Å². The Hall–Kier alpha value is -0.710. The number of para-hydroxylation sites is 1. The van der Waals surface area contributed by atoms with Crippen molar-refractivity contribution in [2.75, 3.05) is 31.2 Å². The lowest BCUT2D eigenvalue weighted by Crippen LogP contribution is -2.46. The normalized spacial score (nSPS) is 20.9. The average Bonchev–Trinajstić information content (AvgIpc) is 2.41. The van der Waals surface area contributed by atoms with Crippen LogP contribution in [0.15, 0.2) is 23.1 Å². The first-order chi connectivity index (χ1) is 9.08. The van der Waals surface area contributed by atoms with Crippen molar-refractivity contribution in [3.63, 3.8) is 0 Å². The van der Waals surface area contributed by atoms with Crippen molar-refractivity contribution in [1.29, 1.82) is 0 Å². The summed E-state index contributed by atoms with van der Waals surface area (Å²) in [5.41, 5.74) is 8.16. The van der Waals surface area contributed by atoms with Gasteiger partial charge in [0.1, 0.15) is 0 Å². The zero-order valence-electron chi connectivity index (χ0n) is 12.1. The Morgan fingerprint density at radius 1 is 1.47 bits per heavy atom. The van der Waals surface area contributed by atoms with Crippen LogP contribution in [0.2, 0.25) is 0 Å². The van der Waals surface area contributed by atoms with E-state index in [1.807, 2.05) is 0 Å². The largest absolute Gasteiger partial charge is 0.398 e. The van der Waals surface area contributed by atoms with Gasteiger partial charge in [0.2, 0.25) is 0 Å². The number of ether oxygens (including phenoxy) is 1. The van der Waals surface area contributed by atoms with Crippen molar-refractivity contribution in [2.45, 2.75) is 37.8 Å². The van der Waals surface area contributed by atoms with Crippen LogP contribution in [0, 0.1) is 6.92 Å². The number of nitrogens with two attached hydrogens (primary N) is 1. The van der Waals surface area contributed by atoms with Gasteiger partial charge in [0, 0.05) is 35.5 Å². The summed E-state index contributed by atoms with van der Waals surface area (Å²) in [6.07, 6.45) is 0.307. The van der Waals surface area contributed by atoms with Crippen LogP contribution in [0.4, 0.5) is 5.69 Å². The quantitative estimate of drug-likeness (QED) is 0.680. The zero-order chi connectivity index (χ0) is 13.8. The van der Waals surface area contributed by atoms with Crippen molar-refractivity contribution >= 4 is 17.4 Å². The van der Waals surface area contributed by atoms with Crippen molar-refractivity contribution in [3.05, 3.63) is 23.8 Å². The first kappa shape index (κ1) is 14.7. The molecule has 0 bridgehead atoms. The van der Waals surface area contributed by atoms with Crippen LogP contribution in [0.3, 0.4) is 0 Å². The molecule has 0 radical (unpaired) electrons. The van der Waals surface area contributed by atoms with Crippen LogP contribution >= 0.6 is 11.8 Å². The maximum Gasteiger partial charge on any atom is 0.0796 e. The lowest BCUT2D eigenvalue weighted by Gasteiger charge is -2.35. The highest BCUT2D eigenvalue weighted by molar-refractivity contribution is 7.99. The molecule has 1 unspecified atom stereocenters. The average molecular weight is 280 g/mol. The summed E-state index contributed by atoms with van der Waals surface area (Å²) in [6.45, 7) is 9.45. The third-order valence-corrected chi connectivity index (χ3v) is 4.81. The molecule has 2 N–H and O–H groups in total. The molecule has 4 heteroatoms. The van der Waals surface area contributed by atoms with Crippen LogP contribution in [0.1, 0.15) is 19.4 Å². The molecule has 1 aliphatic heterocycles. The Balaban J connectivity index is 1.90. The molecule has 19 heavy (non-hydrogen) atoms. The van der Waals surface area contributed by atoms with Gasteiger partial charge in [-0.3, -0.25) is 4.90 Å². The van der Waals surface area contributed by atoms with E-state index < -0.39 is 0 Å². The maximum atomic E-state index is 6.10.